The van der Waals surface area contributed by atoms with E-state index in [0.29, 0.717) is 0 Å². The van der Waals surface area contributed by atoms with E-state index in [1.165, 1.54) is 22.3 Å². The third kappa shape index (κ3) is 2.76. The normalized spacial score (nSPS) is 15.7. The number of fused-ring (bicyclic) bond motifs is 3. The highest BCUT2D eigenvalue weighted by Crippen LogP contribution is 2.45. The number of rotatable bonds is 1. The molecule has 0 saturated carbocycles. The molecule has 0 spiro atoms. The Labute approximate surface area is 159 Å². The van der Waals surface area contributed by atoms with Crippen molar-refractivity contribution in [2.24, 2.45) is 0 Å². The molecule has 0 atom stereocenters. The lowest BCUT2D eigenvalue weighted by Gasteiger charge is -2.32. The molecule has 0 radical (unpaired) electrons. The van der Waals surface area contributed by atoms with Crippen LogP contribution < -0.4 is 9.64 Å². The number of aromatic nitrogens is 2. The Balaban J connectivity index is 1.79. The summed E-state index contributed by atoms with van der Waals surface area (Å²) in [7, 11) is 0. The van der Waals surface area contributed by atoms with E-state index in [2.05, 4.69) is 36.1 Å². The fourth-order valence-corrected chi connectivity index (χ4v) is 4.24. The highest BCUT2D eigenvalue weighted by molar-refractivity contribution is 5.81. The van der Waals surface area contributed by atoms with Crippen molar-refractivity contribution in [3.8, 4) is 5.75 Å². The van der Waals surface area contributed by atoms with E-state index < -0.39 is 0 Å². The zero-order valence-electron chi connectivity index (χ0n) is 15.6. The molecule has 2 aliphatic heterocycles. The van der Waals surface area contributed by atoms with Gasteiger partial charge in [-0.05, 0) is 79.5 Å². The van der Waals surface area contributed by atoms with Crippen LogP contribution in [0.5, 0.6) is 5.75 Å². The first kappa shape index (κ1) is 16.3. The molecule has 0 unspecified atom stereocenters. The highest BCUT2D eigenvalue weighted by atomic mass is 16.5. The second-order valence-electron chi connectivity index (χ2n) is 7.32. The summed E-state index contributed by atoms with van der Waals surface area (Å²) in [5, 5.41) is 0. The van der Waals surface area contributed by atoms with Gasteiger partial charge in [-0.15, -0.1) is 0 Å². The average molecular weight is 357 g/mol. The van der Waals surface area contributed by atoms with E-state index in [9.17, 15) is 0 Å². The molecule has 5 rings (SSSR count). The van der Waals surface area contributed by atoms with Crippen molar-refractivity contribution in [2.45, 2.75) is 39.0 Å². The van der Waals surface area contributed by atoms with Crippen LogP contribution in [0, 0.1) is 6.92 Å². The van der Waals surface area contributed by atoms with Gasteiger partial charge in [0.1, 0.15) is 17.4 Å². The van der Waals surface area contributed by atoms with Gasteiger partial charge in [-0.2, -0.15) is 0 Å². The monoisotopic (exact) mass is 357 g/mol. The third-order valence-electron chi connectivity index (χ3n) is 5.58. The van der Waals surface area contributed by atoms with E-state index in [1.54, 1.807) is 0 Å². The van der Waals surface area contributed by atoms with Crippen LogP contribution in [-0.2, 0) is 19.3 Å². The van der Waals surface area contributed by atoms with Crippen LogP contribution in [0.4, 0.5) is 17.3 Å². The van der Waals surface area contributed by atoms with Crippen LogP contribution in [0.3, 0.4) is 0 Å². The lowest BCUT2D eigenvalue weighted by molar-refractivity contribution is 0.289. The third-order valence-corrected chi connectivity index (χ3v) is 5.58. The first-order valence-corrected chi connectivity index (χ1v) is 9.76. The maximum Gasteiger partial charge on any atom is 0.146 e. The Bertz CT molecular complexity index is 951. The molecule has 2 aromatic heterocycles. The molecule has 4 nitrogen and oxygen atoms in total. The smallest absolute Gasteiger partial charge is 0.146 e. The molecule has 3 aromatic rings. The van der Waals surface area contributed by atoms with Crippen molar-refractivity contribution in [3.05, 3.63) is 71.0 Å². The molecule has 0 bridgehead atoms. The minimum Gasteiger partial charge on any atom is -0.491 e. The first-order valence-electron chi connectivity index (χ1n) is 9.76. The summed E-state index contributed by atoms with van der Waals surface area (Å²) in [6.07, 6.45) is 9.02. The quantitative estimate of drug-likeness (QED) is 0.609. The fraction of sp³-hybridized carbons (Fsp3) is 0.304. The van der Waals surface area contributed by atoms with Crippen LogP contribution in [-0.4, -0.2) is 16.6 Å². The number of nitrogens with zero attached hydrogens (tertiary/aromatic N) is 3. The summed E-state index contributed by atoms with van der Waals surface area (Å²) < 4.78 is 6.19. The average Bonchev–Trinajstić information content (AvgIpc) is 2.70. The van der Waals surface area contributed by atoms with Gasteiger partial charge in [-0.25, -0.2) is 9.97 Å². The van der Waals surface area contributed by atoms with Gasteiger partial charge in [-0.1, -0.05) is 18.2 Å². The minimum atomic E-state index is 0.765. The van der Waals surface area contributed by atoms with E-state index in [4.69, 9.17) is 14.7 Å². The topological polar surface area (TPSA) is 38.2 Å². The van der Waals surface area contributed by atoms with Gasteiger partial charge in [0.15, 0.2) is 0 Å². The lowest BCUT2D eigenvalue weighted by atomic mass is 9.97. The van der Waals surface area contributed by atoms with Gasteiger partial charge >= 0.3 is 0 Å². The van der Waals surface area contributed by atoms with E-state index in [-0.39, 0.29) is 0 Å². The van der Waals surface area contributed by atoms with Crippen molar-refractivity contribution in [1.29, 1.82) is 0 Å². The zero-order valence-corrected chi connectivity index (χ0v) is 15.6. The zero-order chi connectivity index (χ0) is 18.2. The molecule has 4 heterocycles. The van der Waals surface area contributed by atoms with Gasteiger partial charge in [0.25, 0.3) is 0 Å². The SMILES string of the molecule is Cc1ccc(N2c3ncccc3CCCc3cccnc32)c2c1CCCO2. The summed E-state index contributed by atoms with van der Waals surface area (Å²) >= 11 is 0. The Hall–Kier alpha value is -2.88. The highest BCUT2D eigenvalue weighted by Gasteiger charge is 2.28. The standard InChI is InChI=1S/C23H23N3O/c1-16-11-12-20(21-19(16)10-5-15-27-21)26-22-17(8-3-13-24-22)6-2-7-18-9-4-14-25-23(18)26/h3-4,8-9,11-14H,2,5-7,10,15H2,1H3. The molecule has 0 saturated heterocycles. The summed E-state index contributed by atoms with van der Waals surface area (Å²) in [6, 6.07) is 12.8. The molecular weight excluding hydrogens is 334 g/mol. The predicted molar refractivity (Wildman–Crippen MR) is 107 cm³/mol. The Kier molecular flexibility index (Phi) is 4.04. The van der Waals surface area contributed by atoms with Gasteiger partial charge < -0.3 is 4.74 Å². The Morgan fingerprint density at radius 2 is 1.56 bits per heavy atom. The van der Waals surface area contributed by atoms with Crippen molar-refractivity contribution < 1.29 is 4.74 Å². The van der Waals surface area contributed by atoms with Gasteiger partial charge in [0, 0.05) is 12.4 Å². The summed E-state index contributed by atoms with van der Waals surface area (Å²) in [4.78, 5) is 11.8. The molecule has 2 aliphatic rings. The summed E-state index contributed by atoms with van der Waals surface area (Å²) in [6.45, 7) is 2.94. The molecule has 27 heavy (non-hydrogen) atoms. The van der Waals surface area contributed by atoms with Crippen LogP contribution in [0.2, 0.25) is 0 Å². The van der Waals surface area contributed by atoms with Crippen LogP contribution in [0.1, 0.15) is 35.1 Å². The number of benzene rings is 1. The van der Waals surface area contributed by atoms with Crippen LogP contribution >= 0.6 is 0 Å². The van der Waals surface area contributed by atoms with Gasteiger partial charge in [-0.3, -0.25) is 4.90 Å². The maximum atomic E-state index is 6.19. The minimum absolute atomic E-state index is 0.765. The van der Waals surface area contributed by atoms with Crippen molar-refractivity contribution in [1.82, 2.24) is 9.97 Å². The Morgan fingerprint density at radius 3 is 2.26 bits per heavy atom. The number of aryl methyl sites for hydroxylation is 3. The predicted octanol–water partition coefficient (Wildman–Crippen LogP) is 5.07. The summed E-state index contributed by atoms with van der Waals surface area (Å²) in [5.74, 6) is 2.93. The largest absolute Gasteiger partial charge is 0.491 e. The second-order valence-corrected chi connectivity index (χ2v) is 7.32. The van der Waals surface area contributed by atoms with Gasteiger partial charge in [0.05, 0.1) is 12.3 Å². The molecule has 136 valence electrons. The number of hydrogen-bond acceptors (Lipinski definition) is 4. The van der Waals surface area contributed by atoms with Crippen molar-refractivity contribution in [3.63, 3.8) is 0 Å². The van der Waals surface area contributed by atoms with Crippen molar-refractivity contribution >= 4 is 17.3 Å². The number of pyridine rings is 2. The van der Waals surface area contributed by atoms with E-state index in [1.807, 2.05) is 24.5 Å². The lowest BCUT2D eigenvalue weighted by Crippen LogP contribution is -2.21. The Morgan fingerprint density at radius 1 is 0.852 bits per heavy atom. The van der Waals surface area contributed by atoms with E-state index >= 15 is 0 Å². The summed E-state index contributed by atoms with van der Waals surface area (Å²) in [5.41, 5.74) is 6.19. The molecule has 0 fully saturated rings. The molecule has 0 amide bonds. The fourth-order valence-electron chi connectivity index (χ4n) is 4.24. The number of ether oxygens (including phenoxy) is 1. The number of anilines is 3. The molecular formula is C23H23N3O. The molecule has 0 aliphatic carbocycles. The van der Waals surface area contributed by atoms with E-state index in [0.717, 1.165) is 61.8 Å². The first-order chi connectivity index (χ1) is 13.3. The van der Waals surface area contributed by atoms with Gasteiger partial charge in [0.2, 0.25) is 0 Å². The van der Waals surface area contributed by atoms with Crippen molar-refractivity contribution in [2.75, 3.05) is 11.5 Å². The maximum absolute atomic E-state index is 6.19. The van der Waals surface area contributed by atoms with Crippen LogP contribution in [0.15, 0.2) is 48.8 Å². The molecule has 1 aromatic carbocycles. The molecule has 4 heteroatoms. The molecule has 0 N–H and O–H groups in total. The second kappa shape index (κ2) is 6.69. The van der Waals surface area contributed by atoms with Crippen LogP contribution in [0.25, 0.3) is 0 Å². The number of hydrogen-bond donors (Lipinski definition) is 0.